The van der Waals surface area contributed by atoms with Gasteiger partial charge in [0.15, 0.2) is 0 Å². The second-order valence-corrected chi connectivity index (χ2v) is 5.09. The van der Waals surface area contributed by atoms with Gasteiger partial charge < -0.3 is 5.32 Å². The first kappa shape index (κ1) is 14.4. The van der Waals surface area contributed by atoms with Gasteiger partial charge in [-0.2, -0.15) is 0 Å². The Morgan fingerprint density at radius 3 is 2.68 bits per heavy atom. The van der Waals surface area contributed by atoms with Crippen molar-refractivity contribution in [2.75, 3.05) is 7.05 Å². The monoisotopic (exact) mass is 346 g/mol. The van der Waals surface area contributed by atoms with Crippen molar-refractivity contribution < 1.29 is 8.78 Å². The molecule has 1 unspecified atom stereocenters. The molecule has 1 N–H and O–H groups in total. The summed E-state index contributed by atoms with van der Waals surface area (Å²) in [5, 5.41) is 2.81. The highest BCUT2D eigenvalue weighted by molar-refractivity contribution is 9.10. The molecule has 0 radical (unpaired) electrons. The predicted octanol–water partition coefficient (Wildman–Crippen LogP) is 4.08. The Morgan fingerprint density at radius 1 is 1.32 bits per heavy atom. The molecule has 6 heteroatoms. The largest absolute Gasteiger partial charge is 0.308 e. The van der Waals surface area contributed by atoms with Crippen molar-refractivity contribution in [1.29, 1.82) is 0 Å². The molecule has 1 heterocycles. The van der Waals surface area contributed by atoms with Crippen molar-refractivity contribution in [2.24, 2.45) is 0 Å². The molecule has 0 saturated carbocycles. The minimum atomic E-state index is -0.702. The molecule has 2 nitrogen and oxygen atoms in total. The zero-order valence-corrected chi connectivity index (χ0v) is 12.3. The highest BCUT2D eigenvalue weighted by atomic mass is 79.9. The Morgan fingerprint density at radius 2 is 2.05 bits per heavy atom. The lowest BCUT2D eigenvalue weighted by molar-refractivity contribution is 0.534. The van der Waals surface area contributed by atoms with Gasteiger partial charge in [-0.15, -0.1) is 0 Å². The number of hydrogen-bond donors (Lipinski definition) is 1. The SMILES string of the molecule is CNC(c1ccc(Br)c(Cl)c1F)c1ncccc1F. The number of hydrogen-bond acceptors (Lipinski definition) is 2. The zero-order chi connectivity index (χ0) is 14.0. The van der Waals surface area contributed by atoms with Crippen LogP contribution in [0.1, 0.15) is 17.3 Å². The second kappa shape index (κ2) is 5.94. The van der Waals surface area contributed by atoms with Crippen LogP contribution in [0.5, 0.6) is 0 Å². The average Bonchev–Trinajstić information content (AvgIpc) is 2.41. The summed E-state index contributed by atoms with van der Waals surface area (Å²) in [6.45, 7) is 0. The summed E-state index contributed by atoms with van der Waals surface area (Å²) in [5.74, 6) is -1.10. The predicted molar refractivity (Wildman–Crippen MR) is 74.2 cm³/mol. The van der Waals surface area contributed by atoms with Crippen molar-refractivity contribution in [1.82, 2.24) is 10.3 Å². The molecule has 100 valence electrons. The van der Waals surface area contributed by atoms with Gasteiger partial charge in [0.25, 0.3) is 0 Å². The van der Waals surface area contributed by atoms with Crippen LogP contribution in [0.15, 0.2) is 34.9 Å². The van der Waals surface area contributed by atoms with Crippen LogP contribution in [0.3, 0.4) is 0 Å². The van der Waals surface area contributed by atoms with Gasteiger partial charge in [0.1, 0.15) is 11.6 Å². The molecule has 0 bridgehead atoms. The van der Waals surface area contributed by atoms with Gasteiger partial charge in [-0.05, 0) is 41.2 Å². The van der Waals surface area contributed by atoms with Crippen LogP contribution in [0, 0.1) is 11.6 Å². The summed E-state index contributed by atoms with van der Waals surface area (Å²) < 4.78 is 28.4. The van der Waals surface area contributed by atoms with Gasteiger partial charge in [-0.3, -0.25) is 4.98 Å². The highest BCUT2D eigenvalue weighted by Gasteiger charge is 2.22. The van der Waals surface area contributed by atoms with Crippen LogP contribution < -0.4 is 5.32 Å². The summed E-state index contributed by atoms with van der Waals surface area (Å²) >= 11 is 8.99. The highest BCUT2D eigenvalue weighted by Crippen LogP contribution is 2.32. The minimum absolute atomic E-state index is 0.0333. The van der Waals surface area contributed by atoms with Gasteiger partial charge in [0, 0.05) is 16.2 Å². The number of rotatable bonds is 3. The van der Waals surface area contributed by atoms with Crippen LogP contribution in [-0.4, -0.2) is 12.0 Å². The van der Waals surface area contributed by atoms with Gasteiger partial charge in [-0.1, -0.05) is 17.7 Å². The maximum absolute atomic E-state index is 14.2. The van der Waals surface area contributed by atoms with Gasteiger partial charge in [0.05, 0.1) is 16.8 Å². The van der Waals surface area contributed by atoms with Crippen molar-refractivity contribution in [2.45, 2.75) is 6.04 Å². The van der Waals surface area contributed by atoms with Crippen LogP contribution in [0.25, 0.3) is 0 Å². The fourth-order valence-corrected chi connectivity index (χ4v) is 2.29. The van der Waals surface area contributed by atoms with E-state index in [0.717, 1.165) is 0 Å². The van der Waals surface area contributed by atoms with E-state index < -0.39 is 17.7 Å². The Balaban J connectivity index is 2.55. The first-order valence-electron chi connectivity index (χ1n) is 5.47. The van der Waals surface area contributed by atoms with Gasteiger partial charge in [0.2, 0.25) is 0 Å². The third kappa shape index (κ3) is 2.78. The summed E-state index contributed by atoms with van der Waals surface area (Å²) in [4.78, 5) is 3.96. The number of pyridine rings is 1. The van der Waals surface area contributed by atoms with E-state index in [1.54, 1.807) is 19.2 Å². The molecule has 2 aromatic rings. The molecule has 0 aliphatic heterocycles. The van der Waals surface area contributed by atoms with Crippen LogP contribution >= 0.6 is 27.5 Å². The molecule has 0 aliphatic rings. The molecule has 1 aromatic heterocycles. The molecule has 1 atom stereocenters. The lowest BCUT2D eigenvalue weighted by Gasteiger charge is -2.18. The van der Waals surface area contributed by atoms with E-state index in [-0.39, 0.29) is 16.3 Å². The molecule has 19 heavy (non-hydrogen) atoms. The molecule has 0 amide bonds. The number of nitrogens with zero attached hydrogens (tertiary/aromatic N) is 1. The van der Waals surface area contributed by atoms with Gasteiger partial charge in [-0.25, -0.2) is 8.78 Å². The molecular weight excluding hydrogens is 338 g/mol. The number of nitrogens with one attached hydrogen (secondary N) is 1. The maximum Gasteiger partial charge on any atom is 0.148 e. The van der Waals surface area contributed by atoms with E-state index in [4.69, 9.17) is 11.6 Å². The average molecular weight is 348 g/mol. The fourth-order valence-electron chi connectivity index (χ4n) is 1.81. The number of benzene rings is 1. The first-order chi connectivity index (χ1) is 9.06. The normalized spacial score (nSPS) is 12.5. The lowest BCUT2D eigenvalue weighted by atomic mass is 10.0. The lowest BCUT2D eigenvalue weighted by Crippen LogP contribution is -2.21. The van der Waals surface area contributed by atoms with Gasteiger partial charge >= 0.3 is 0 Å². The van der Waals surface area contributed by atoms with Crippen molar-refractivity contribution in [3.63, 3.8) is 0 Å². The smallest absolute Gasteiger partial charge is 0.148 e. The molecule has 1 aromatic carbocycles. The molecule has 0 spiro atoms. The summed E-state index contributed by atoms with van der Waals surface area (Å²) in [6.07, 6.45) is 1.46. The van der Waals surface area contributed by atoms with Crippen LogP contribution in [-0.2, 0) is 0 Å². The van der Waals surface area contributed by atoms with Crippen LogP contribution in [0.2, 0.25) is 5.02 Å². The van der Waals surface area contributed by atoms with Crippen molar-refractivity contribution in [3.05, 3.63) is 62.8 Å². The molecule has 0 fully saturated rings. The Bertz CT molecular complexity index is 607. The maximum atomic E-state index is 14.2. The topological polar surface area (TPSA) is 24.9 Å². The standard InChI is InChI=1S/C13H10BrClF2N2/c1-18-12(13-9(16)3-2-6-19-13)7-4-5-8(14)10(15)11(7)17/h2-6,12,18H,1H3. The van der Waals surface area contributed by atoms with E-state index >= 15 is 0 Å². The van der Waals surface area contributed by atoms with E-state index in [2.05, 4.69) is 26.2 Å². The first-order valence-corrected chi connectivity index (χ1v) is 6.64. The molecular formula is C13H10BrClF2N2. The third-order valence-electron chi connectivity index (χ3n) is 2.73. The Hall–Kier alpha value is -1.04. The second-order valence-electron chi connectivity index (χ2n) is 3.86. The molecule has 2 rings (SSSR count). The Labute approximate surface area is 122 Å². The summed E-state index contributed by atoms with van der Waals surface area (Å²) in [7, 11) is 1.61. The summed E-state index contributed by atoms with van der Waals surface area (Å²) in [6, 6.07) is 5.22. The van der Waals surface area contributed by atoms with E-state index in [9.17, 15) is 8.78 Å². The molecule has 0 saturated heterocycles. The number of halogens is 4. The zero-order valence-electron chi connectivity index (χ0n) is 9.92. The van der Waals surface area contributed by atoms with Crippen molar-refractivity contribution in [3.8, 4) is 0 Å². The quantitative estimate of drug-likeness (QED) is 0.846. The van der Waals surface area contributed by atoms with Crippen LogP contribution in [0.4, 0.5) is 8.78 Å². The fraction of sp³-hybridized carbons (Fsp3) is 0.154. The number of aromatic nitrogens is 1. The van der Waals surface area contributed by atoms with E-state index in [1.807, 2.05) is 0 Å². The molecule has 0 aliphatic carbocycles. The van der Waals surface area contributed by atoms with E-state index in [0.29, 0.717) is 4.47 Å². The Kier molecular flexibility index (Phi) is 4.50. The minimum Gasteiger partial charge on any atom is -0.308 e. The van der Waals surface area contributed by atoms with E-state index in [1.165, 1.54) is 18.3 Å². The van der Waals surface area contributed by atoms with Crippen molar-refractivity contribution >= 4 is 27.5 Å². The summed E-state index contributed by atoms with van der Waals surface area (Å²) in [5.41, 5.74) is 0.371. The third-order valence-corrected chi connectivity index (χ3v) is 3.98.